The number of anilines is 1. The van der Waals surface area contributed by atoms with Gasteiger partial charge in [-0.25, -0.2) is 0 Å². The molecule has 4 amide bonds. The second kappa shape index (κ2) is 9.77. The Morgan fingerprint density at radius 2 is 1.72 bits per heavy atom. The predicted molar refractivity (Wildman–Crippen MR) is 122 cm³/mol. The van der Waals surface area contributed by atoms with Crippen LogP contribution in [0.1, 0.15) is 62.3 Å². The van der Waals surface area contributed by atoms with Gasteiger partial charge in [0.05, 0.1) is 17.9 Å². The summed E-state index contributed by atoms with van der Waals surface area (Å²) in [5.41, 5.74) is 2.64. The average Bonchev–Trinajstić information content (AvgIpc) is 2.75. The van der Waals surface area contributed by atoms with Crippen molar-refractivity contribution >= 4 is 29.3 Å². The summed E-state index contributed by atoms with van der Waals surface area (Å²) < 4.78 is 0. The van der Waals surface area contributed by atoms with Crippen molar-refractivity contribution in [3.05, 3.63) is 65.2 Å². The third-order valence-corrected chi connectivity index (χ3v) is 6.04. The monoisotopic (exact) mass is 435 g/mol. The van der Waals surface area contributed by atoms with E-state index >= 15 is 0 Å². The SMILES string of the molecule is CCC1(c2ccc(NC(=O)CC(NC(C)=O)c3ccc(C)cc3)cc2)CCC(=O)NC1=O. The van der Waals surface area contributed by atoms with Gasteiger partial charge in [0.2, 0.25) is 23.6 Å². The molecule has 2 aromatic carbocycles. The summed E-state index contributed by atoms with van der Waals surface area (Å²) in [4.78, 5) is 48.4. The van der Waals surface area contributed by atoms with Crippen LogP contribution in [0, 0.1) is 6.92 Å². The molecule has 1 saturated heterocycles. The summed E-state index contributed by atoms with van der Waals surface area (Å²) in [7, 11) is 0. The minimum atomic E-state index is -0.738. The van der Waals surface area contributed by atoms with E-state index in [-0.39, 0.29) is 30.0 Å². The van der Waals surface area contributed by atoms with Crippen LogP contribution in [-0.4, -0.2) is 23.6 Å². The molecule has 1 aliphatic heterocycles. The Morgan fingerprint density at radius 1 is 1.06 bits per heavy atom. The molecule has 2 atom stereocenters. The Morgan fingerprint density at radius 3 is 2.28 bits per heavy atom. The number of carbonyl (C=O) groups is 4. The summed E-state index contributed by atoms with van der Waals surface area (Å²) in [5, 5.41) is 8.13. The van der Waals surface area contributed by atoms with Crippen molar-refractivity contribution in [2.24, 2.45) is 0 Å². The first-order valence-electron chi connectivity index (χ1n) is 10.8. The van der Waals surface area contributed by atoms with Gasteiger partial charge >= 0.3 is 0 Å². The van der Waals surface area contributed by atoms with Crippen molar-refractivity contribution in [2.45, 2.75) is 57.9 Å². The van der Waals surface area contributed by atoms with Crippen molar-refractivity contribution in [1.82, 2.24) is 10.6 Å². The Hall–Kier alpha value is -3.48. The fraction of sp³-hybridized carbons (Fsp3) is 0.360. The Bertz CT molecular complexity index is 1010. The molecule has 1 heterocycles. The van der Waals surface area contributed by atoms with Crippen LogP contribution in [0.15, 0.2) is 48.5 Å². The number of amides is 4. The molecular formula is C25H29N3O4. The normalized spacial score (nSPS) is 19.1. The van der Waals surface area contributed by atoms with E-state index in [1.807, 2.05) is 50.2 Å². The maximum Gasteiger partial charge on any atom is 0.237 e. The van der Waals surface area contributed by atoms with Gasteiger partial charge in [-0.3, -0.25) is 24.5 Å². The lowest BCUT2D eigenvalue weighted by Gasteiger charge is -2.35. The van der Waals surface area contributed by atoms with E-state index in [9.17, 15) is 19.2 Å². The Balaban J connectivity index is 1.70. The summed E-state index contributed by atoms with van der Waals surface area (Å²) in [6, 6.07) is 14.4. The summed E-state index contributed by atoms with van der Waals surface area (Å²) in [6.45, 7) is 5.33. The van der Waals surface area contributed by atoms with Crippen molar-refractivity contribution < 1.29 is 19.2 Å². The highest BCUT2D eigenvalue weighted by molar-refractivity contribution is 6.03. The van der Waals surface area contributed by atoms with Crippen molar-refractivity contribution in [2.75, 3.05) is 5.32 Å². The van der Waals surface area contributed by atoms with Crippen LogP contribution < -0.4 is 16.0 Å². The lowest BCUT2D eigenvalue weighted by Crippen LogP contribution is -2.51. The van der Waals surface area contributed by atoms with E-state index < -0.39 is 11.5 Å². The Labute approximate surface area is 188 Å². The number of hydrogen-bond acceptors (Lipinski definition) is 4. The fourth-order valence-electron chi connectivity index (χ4n) is 4.13. The van der Waals surface area contributed by atoms with E-state index in [1.54, 1.807) is 12.1 Å². The molecule has 3 rings (SSSR count). The van der Waals surface area contributed by atoms with Crippen molar-refractivity contribution in [3.8, 4) is 0 Å². The van der Waals surface area contributed by atoms with Gasteiger partial charge < -0.3 is 10.6 Å². The van der Waals surface area contributed by atoms with Gasteiger partial charge in [0.1, 0.15) is 0 Å². The predicted octanol–water partition coefficient (Wildman–Crippen LogP) is 3.29. The zero-order chi connectivity index (χ0) is 23.3. The zero-order valence-corrected chi connectivity index (χ0v) is 18.7. The number of rotatable bonds is 7. The van der Waals surface area contributed by atoms with Gasteiger partial charge in [-0.05, 0) is 43.0 Å². The quantitative estimate of drug-likeness (QED) is 0.581. The molecule has 0 radical (unpaired) electrons. The molecule has 7 heteroatoms. The molecule has 1 aliphatic rings. The van der Waals surface area contributed by atoms with Gasteiger partial charge in [0, 0.05) is 19.0 Å². The number of imide groups is 1. The summed E-state index contributed by atoms with van der Waals surface area (Å²) in [6.07, 6.45) is 1.44. The largest absolute Gasteiger partial charge is 0.349 e. The Kier molecular flexibility index (Phi) is 7.08. The minimum Gasteiger partial charge on any atom is -0.349 e. The van der Waals surface area contributed by atoms with Crippen LogP contribution in [0.5, 0.6) is 0 Å². The van der Waals surface area contributed by atoms with Crippen LogP contribution >= 0.6 is 0 Å². The lowest BCUT2D eigenvalue weighted by atomic mass is 9.72. The first-order chi connectivity index (χ1) is 15.2. The van der Waals surface area contributed by atoms with Gasteiger partial charge in [-0.1, -0.05) is 48.9 Å². The molecule has 2 unspecified atom stereocenters. The van der Waals surface area contributed by atoms with Gasteiger partial charge in [0.15, 0.2) is 0 Å². The molecule has 2 aromatic rings. The van der Waals surface area contributed by atoms with E-state index in [4.69, 9.17) is 0 Å². The van der Waals surface area contributed by atoms with Crippen LogP contribution in [0.2, 0.25) is 0 Å². The first-order valence-corrected chi connectivity index (χ1v) is 10.8. The molecule has 1 fully saturated rings. The topological polar surface area (TPSA) is 104 Å². The smallest absolute Gasteiger partial charge is 0.237 e. The second-order valence-corrected chi connectivity index (χ2v) is 8.31. The highest BCUT2D eigenvalue weighted by Gasteiger charge is 2.42. The van der Waals surface area contributed by atoms with Crippen LogP contribution in [0.3, 0.4) is 0 Å². The molecule has 32 heavy (non-hydrogen) atoms. The standard InChI is InChI=1S/C25H29N3O4/c1-4-25(14-13-22(30)28-24(25)32)19-9-11-20(12-10-19)27-23(31)15-21(26-17(3)29)18-7-5-16(2)6-8-18/h5-12,21H,4,13-15H2,1-3H3,(H,26,29)(H,27,31)(H,28,30,32). The zero-order valence-electron chi connectivity index (χ0n) is 18.7. The summed E-state index contributed by atoms with van der Waals surface area (Å²) >= 11 is 0. The molecule has 168 valence electrons. The highest BCUT2D eigenvalue weighted by Crippen LogP contribution is 2.36. The molecule has 0 aliphatic carbocycles. The number of nitrogens with one attached hydrogen (secondary N) is 3. The average molecular weight is 436 g/mol. The van der Waals surface area contributed by atoms with E-state index in [2.05, 4.69) is 16.0 Å². The molecule has 0 saturated carbocycles. The number of carbonyl (C=O) groups excluding carboxylic acids is 4. The first kappa shape index (κ1) is 23.2. The lowest BCUT2D eigenvalue weighted by molar-refractivity contribution is -0.138. The van der Waals surface area contributed by atoms with Gasteiger partial charge in [0.25, 0.3) is 0 Å². The van der Waals surface area contributed by atoms with Crippen LogP contribution in [-0.2, 0) is 24.6 Å². The molecule has 0 bridgehead atoms. The van der Waals surface area contributed by atoms with Crippen LogP contribution in [0.25, 0.3) is 0 Å². The van der Waals surface area contributed by atoms with Crippen molar-refractivity contribution in [3.63, 3.8) is 0 Å². The van der Waals surface area contributed by atoms with Gasteiger partial charge in [-0.15, -0.1) is 0 Å². The fourth-order valence-corrected chi connectivity index (χ4v) is 4.13. The maximum atomic E-state index is 12.7. The molecule has 3 N–H and O–H groups in total. The number of hydrogen-bond donors (Lipinski definition) is 3. The van der Waals surface area contributed by atoms with Crippen LogP contribution in [0.4, 0.5) is 5.69 Å². The maximum absolute atomic E-state index is 12.7. The number of aryl methyl sites for hydroxylation is 1. The molecule has 0 aromatic heterocycles. The van der Waals surface area contributed by atoms with E-state index in [0.717, 1.165) is 16.7 Å². The number of piperidine rings is 1. The van der Waals surface area contributed by atoms with E-state index in [0.29, 0.717) is 24.9 Å². The van der Waals surface area contributed by atoms with E-state index in [1.165, 1.54) is 6.92 Å². The van der Waals surface area contributed by atoms with Crippen molar-refractivity contribution in [1.29, 1.82) is 0 Å². The van der Waals surface area contributed by atoms with Gasteiger partial charge in [-0.2, -0.15) is 0 Å². The molecule has 0 spiro atoms. The molecular weight excluding hydrogens is 406 g/mol. The summed E-state index contributed by atoms with van der Waals surface area (Å²) in [5.74, 6) is -0.959. The minimum absolute atomic E-state index is 0.0911. The third kappa shape index (κ3) is 5.22. The third-order valence-electron chi connectivity index (χ3n) is 6.04. The second-order valence-electron chi connectivity index (χ2n) is 8.31. The highest BCUT2D eigenvalue weighted by atomic mass is 16.2. The molecule has 7 nitrogen and oxygen atoms in total. The number of benzene rings is 2.